The van der Waals surface area contributed by atoms with Crippen molar-refractivity contribution in [2.75, 3.05) is 17.6 Å². The van der Waals surface area contributed by atoms with Crippen LogP contribution in [0.15, 0.2) is 99.6 Å². The van der Waals surface area contributed by atoms with E-state index in [-0.39, 0.29) is 34.5 Å². The molecule has 0 atom stereocenters. The second-order valence-corrected chi connectivity index (χ2v) is 8.74. The lowest BCUT2D eigenvalue weighted by Crippen LogP contribution is -2.14. The third-order valence-corrected chi connectivity index (χ3v) is 6.83. The number of carbonyl (C=O) groups excluding carboxylic acids is 2. The highest BCUT2D eigenvalue weighted by molar-refractivity contribution is 14.1. The van der Waals surface area contributed by atoms with E-state index in [2.05, 4.69) is 24.3 Å². The van der Waals surface area contributed by atoms with Crippen molar-refractivity contribution in [3.8, 4) is 0 Å². The zero-order chi connectivity index (χ0) is 20.5. The number of hydrogen-bond acceptors (Lipinski definition) is 4. The van der Waals surface area contributed by atoms with Crippen LogP contribution in [-0.2, 0) is 25.2 Å². The predicted molar refractivity (Wildman–Crippen MR) is 122 cm³/mol. The molecule has 0 aliphatic heterocycles. The fourth-order valence-electron chi connectivity index (χ4n) is 2.66. The average molecular weight is 519 g/mol. The van der Waals surface area contributed by atoms with Crippen molar-refractivity contribution in [2.45, 2.75) is 14.7 Å². The monoisotopic (exact) mass is 519 g/mol. The number of benzene rings is 3. The summed E-state index contributed by atoms with van der Waals surface area (Å²) in [4.78, 5) is 26.9. The summed E-state index contributed by atoms with van der Waals surface area (Å²) in [6.07, 6.45) is 0. The van der Waals surface area contributed by atoms with Crippen LogP contribution in [0.25, 0.3) is 0 Å². The van der Waals surface area contributed by atoms with Crippen molar-refractivity contribution in [2.24, 2.45) is 0 Å². The van der Waals surface area contributed by atoms with Crippen molar-refractivity contribution in [3.05, 3.63) is 90.5 Å². The smallest absolute Gasteiger partial charge is 0.338 e. The molecule has 0 amide bonds. The zero-order valence-corrected chi connectivity index (χ0v) is 18.6. The van der Waals surface area contributed by atoms with Gasteiger partial charge in [0.2, 0.25) is 0 Å². The lowest BCUT2D eigenvalue weighted by atomic mass is 10.2. The number of esters is 2. The Morgan fingerprint density at radius 3 is 1.69 bits per heavy atom. The number of carbonyl (C=O) groups is 2. The summed E-state index contributed by atoms with van der Waals surface area (Å²) in [5.41, 5.74) is 0.471. The Labute approximate surface area is 186 Å². The van der Waals surface area contributed by atoms with E-state index in [0.717, 1.165) is 4.90 Å². The first-order chi connectivity index (χ1) is 14.2. The van der Waals surface area contributed by atoms with Gasteiger partial charge < -0.3 is 9.47 Å². The second-order valence-electron chi connectivity index (χ2n) is 5.95. The minimum absolute atomic E-state index is 0.0430. The number of halogens is 1. The minimum atomic E-state index is -0.429. The molecule has 148 valence electrons. The third kappa shape index (κ3) is 6.08. The van der Waals surface area contributed by atoms with Crippen LogP contribution in [0.1, 0.15) is 10.4 Å². The van der Waals surface area contributed by atoms with Crippen LogP contribution in [0.2, 0.25) is 0 Å². The summed E-state index contributed by atoms with van der Waals surface area (Å²) in [6.45, 7) is 0.110. The molecule has 6 heteroatoms. The van der Waals surface area contributed by atoms with Crippen molar-refractivity contribution in [1.29, 1.82) is 0 Å². The molecule has 0 N–H and O–H groups in total. The Balaban J connectivity index is 1.73. The largest absolute Gasteiger partial charge is 0.461 e. The SMILES string of the molecule is O=C(CI)OCCOC(=O)c1ccc([S+](c2ccccc2)c2ccccc2)cc1. The topological polar surface area (TPSA) is 52.6 Å². The van der Waals surface area contributed by atoms with E-state index in [4.69, 9.17) is 9.47 Å². The van der Waals surface area contributed by atoms with Crippen LogP contribution in [0.3, 0.4) is 0 Å². The fraction of sp³-hybridized carbons (Fsp3) is 0.130. The van der Waals surface area contributed by atoms with E-state index in [1.807, 2.05) is 71.1 Å². The molecule has 0 unspecified atom stereocenters. The molecule has 0 bridgehead atoms. The first-order valence-corrected chi connectivity index (χ1v) is 11.8. The number of hydrogen-bond donors (Lipinski definition) is 0. The quantitative estimate of drug-likeness (QED) is 0.140. The molecule has 3 rings (SSSR count). The summed E-state index contributed by atoms with van der Waals surface area (Å²) in [5, 5.41) is 0. The molecule has 4 nitrogen and oxygen atoms in total. The molecule has 0 fully saturated rings. The van der Waals surface area contributed by atoms with Gasteiger partial charge in [0.15, 0.2) is 14.7 Å². The maximum absolute atomic E-state index is 12.2. The molecule has 3 aromatic rings. The maximum Gasteiger partial charge on any atom is 0.338 e. The van der Waals surface area contributed by atoms with Crippen LogP contribution in [0.5, 0.6) is 0 Å². The molecule has 3 aromatic carbocycles. The van der Waals surface area contributed by atoms with Gasteiger partial charge in [-0.25, -0.2) is 4.79 Å². The van der Waals surface area contributed by atoms with Crippen LogP contribution >= 0.6 is 22.6 Å². The molecule has 0 saturated heterocycles. The summed E-state index contributed by atoms with van der Waals surface area (Å²) >= 11 is 1.92. The van der Waals surface area contributed by atoms with Crippen molar-refractivity contribution >= 4 is 45.4 Å². The van der Waals surface area contributed by atoms with Gasteiger partial charge >= 0.3 is 11.9 Å². The molecule has 0 aliphatic carbocycles. The molecular formula is C23H20IO4S+. The number of ether oxygens (including phenoxy) is 2. The van der Waals surface area contributed by atoms with Crippen molar-refractivity contribution in [1.82, 2.24) is 0 Å². The number of alkyl halides is 1. The molecule has 0 heterocycles. The third-order valence-electron chi connectivity index (χ3n) is 3.97. The molecule has 0 saturated carbocycles. The highest BCUT2D eigenvalue weighted by Crippen LogP contribution is 2.31. The van der Waals surface area contributed by atoms with Gasteiger partial charge in [-0.05, 0) is 48.5 Å². The molecule has 0 aliphatic rings. The Kier molecular flexibility index (Phi) is 8.13. The molecular weight excluding hydrogens is 499 g/mol. The van der Waals surface area contributed by atoms with E-state index in [9.17, 15) is 9.59 Å². The van der Waals surface area contributed by atoms with E-state index in [1.165, 1.54) is 9.79 Å². The normalized spacial score (nSPS) is 10.6. The van der Waals surface area contributed by atoms with Crippen LogP contribution in [0, 0.1) is 0 Å². The average Bonchev–Trinajstić information content (AvgIpc) is 2.78. The summed E-state index contributed by atoms with van der Waals surface area (Å²) in [7, 11) is -0.260. The zero-order valence-electron chi connectivity index (χ0n) is 15.6. The second kappa shape index (κ2) is 11.0. The summed E-state index contributed by atoms with van der Waals surface area (Å²) in [5.74, 6) is -0.749. The van der Waals surface area contributed by atoms with Crippen LogP contribution in [0.4, 0.5) is 0 Å². The molecule has 0 aromatic heterocycles. The van der Waals surface area contributed by atoms with E-state index in [1.54, 1.807) is 12.1 Å². The fourth-order valence-corrected chi connectivity index (χ4v) is 4.96. The van der Waals surface area contributed by atoms with Gasteiger partial charge in [-0.15, -0.1) is 0 Å². The van der Waals surface area contributed by atoms with Crippen LogP contribution in [-0.4, -0.2) is 29.6 Å². The summed E-state index contributed by atoms with van der Waals surface area (Å²) in [6, 6.07) is 28.1. The standard InChI is InChI=1S/C23H20IO4S/c24-17-22(25)27-15-16-28-23(26)18-11-13-21(14-12-18)29(19-7-3-1-4-8-19)20-9-5-2-6-10-20/h1-14H,15-17H2/q+1. The lowest BCUT2D eigenvalue weighted by molar-refractivity contribution is -0.141. The van der Waals surface area contributed by atoms with Gasteiger partial charge in [0, 0.05) is 0 Å². The first kappa shape index (κ1) is 21.4. The minimum Gasteiger partial charge on any atom is -0.461 e. The molecule has 0 radical (unpaired) electrons. The first-order valence-electron chi connectivity index (χ1n) is 9.02. The van der Waals surface area contributed by atoms with Crippen molar-refractivity contribution in [3.63, 3.8) is 0 Å². The van der Waals surface area contributed by atoms with E-state index in [0.29, 0.717) is 5.56 Å². The van der Waals surface area contributed by atoms with Gasteiger partial charge in [0.05, 0.1) is 20.9 Å². The maximum atomic E-state index is 12.2. The highest BCUT2D eigenvalue weighted by atomic mass is 127. The van der Waals surface area contributed by atoms with Gasteiger partial charge in [0.25, 0.3) is 0 Å². The summed E-state index contributed by atoms with van der Waals surface area (Å²) < 4.78 is 10.4. The van der Waals surface area contributed by atoms with E-state index >= 15 is 0 Å². The Bertz CT molecular complexity index is 891. The van der Waals surface area contributed by atoms with Crippen LogP contribution < -0.4 is 0 Å². The Morgan fingerprint density at radius 1 is 0.690 bits per heavy atom. The molecule has 0 spiro atoms. The lowest BCUT2D eigenvalue weighted by Gasteiger charge is -2.09. The van der Waals surface area contributed by atoms with Gasteiger partial charge in [-0.3, -0.25) is 4.79 Å². The Hall–Kier alpha value is -2.32. The predicted octanol–water partition coefficient (Wildman–Crippen LogP) is 4.92. The van der Waals surface area contributed by atoms with Gasteiger partial charge in [-0.1, -0.05) is 59.0 Å². The highest BCUT2D eigenvalue weighted by Gasteiger charge is 2.28. The van der Waals surface area contributed by atoms with Gasteiger partial charge in [0.1, 0.15) is 13.2 Å². The van der Waals surface area contributed by atoms with E-state index < -0.39 is 5.97 Å². The van der Waals surface area contributed by atoms with Crippen molar-refractivity contribution < 1.29 is 19.1 Å². The van der Waals surface area contributed by atoms with Gasteiger partial charge in [-0.2, -0.15) is 0 Å². The Morgan fingerprint density at radius 2 is 1.17 bits per heavy atom. The number of rotatable bonds is 8. The molecule has 29 heavy (non-hydrogen) atoms.